The van der Waals surface area contributed by atoms with Crippen LogP contribution in [-0.4, -0.2) is 46.8 Å². The van der Waals surface area contributed by atoms with Gasteiger partial charge in [0.2, 0.25) is 0 Å². The fraction of sp³-hybridized carbons (Fsp3) is 0.842. The Bertz CT molecular complexity index is 616. The Hall–Kier alpha value is -1.63. The molecule has 3 fully saturated rings. The monoisotopic (exact) mass is 362 g/mol. The van der Waals surface area contributed by atoms with Gasteiger partial charge in [0.05, 0.1) is 6.10 Å². The summed E-state index contributed by atoms with van der Waals surface area (Å²) in [6.07, 6.45) is 10.8. The second kappa shape index (κ2) is 7.55. The van der Waals surface area contributed by atoms with Gasteiger partial charge in [0.25, 0.3) is 5.89 Å². The molecule has 144 valence electrons. The van der Waals surface area contributed by atoms with E-state index in [-0.39, 0.29) is 18.2 Å². The van der Waals surface area contributed by atoms with Gasteiger partial charge in [0, 0.05) is 19.6 Å². The van der Waals surface area contributed by atoms with Crippen molar-refractivity contribution in [3.63, 3.8) is 0 Å². The van der Waals surface area contributed by atoms with Crippen LogP contribution in [-0.2, 0) is 4.74 Å². The van der Waals surface area contributed by atoms with E-state index in [1.165, 1.54) is 44.9 Å². The molecule has 2 atom stereocenters. The number of piperidine rings is 1. The Morgan fingerprint density at radius 3 is 2.65 bits per heavy atom. The van der Waals surface area contributed by atoms with Crippen LogP contribution in [0.2, 0.25) is 0 Å². The number of amides is 2. The van der Waals surface area contributed by atoms with Gasteiger partial charge in [-0.25, -0.2) is 4.79 Å². The lowest BCUT2D eigenvalue weighted by Gasteiger charge is -2.44. The number of rotatable bonds is 3. The van der Waals surface area contributed by atoms with E-state index in [0.717, 1.165) is 25.9 Å². The van der Waals surface area contributed by atoms with E-state index >= 15 is 0 Å². The first-order valence-corrected chi connectivity index (χ1v) is 10.1. The standard InChI is InChI=1S/C19H30N4O3/c1-14-21-17(26-22-14)16-6-5-15(25-16)13-20-18(24)23-11-9-19(10-12-23)7-3-2-4-8-19/h15-16H,2-13H2,1H3,(H,20,24)/t15-,16+/m1/s1. The number of carbonyl (C=O) groups excluding carboxylic acids is 1. The third-order valence-corrected chi connectivity index (χ3v) is 6.43. The molecule has 7 nitrogen and oxygen atoms in total. The minimum atomic E-state index is -0.140. The number of urea groups is 1. The number of hydrogen-bond acceptors (Lipinski definition) is 5. The van der Waals surface area contributed by atoms with Crippen LogP contribution >= 0.6 is 0 Å². The minimum Gasteiger partial charge on any atom is -0.363 e. The maximum Gasteiger partial charge on any atom is 0.317 e. The lowest BCUT2D eigenvalue weighted by atomic mass is 9.68. The average Bonchev–Trinajstić information content (AvgIpc) is 3.30. The lowest BCUT2D eigenvalue weighted by Crippen LogP contribution is -2.49. The molecule has 0 aromatic carbocycles. The molecule has 1 saturated carbocycles. The van der Waals surface area contributed by atoms with E-state index in [2.05, 4.69) is 15.5 Å². The van der Waals surface area contributed by atoms with Crippen LogP contribution in [0.1, 0.15) is 75.6 Å². The molecule has 1 spiro atoms. The molecular formula is C19H30N4O3. The van der Waals surface area contributed by atoms with Crippen molar-refractivity contribution in [3.05, 3.63) is 11.7 Å². The highest BCUT2D eigenvalue weighted by molar-refractivity contribution is 5.74. The summed E-state index contributed by atoms with van der Waals surface area (Å²) in [5, 5.41) is 6.87. The van der Waals surface area contributed by atoms with Gasteiger partial charge in [-0.1, -0.05) is 24.4 Å². The summed E-state index contributed by atoms with van der Waals surface area (Å²) in [7, 11) is 0. The molecule has 4 rings (SSSR count). The molecule has 1 aromatic heterocycles. The van der Waals surface area contributed by atoms with Crippen molar-refractivity contribution in [3.8, 4) is 0 Å². The van der Waals surface area contributed by atoms with Gasteiger partial charge in [-0.2, -0.15) is 4.98 Å². The fourth-order valence-electron chi connectivity index (χ4n) is 4.78. The van der Waals surface area contributed by atoms with Gasteiger partial charge in [-0.05, 0) is 50.9 Å². The first kappa shape index (κ1) is 17.8. The molecule has 3 heterocycles. The number of likely N-dealkylation sites (tertiary alicyclic amines) is 1. The van der Waals surface area contributed by atoms with Crippen LogP contribution in [0.4, 0.5) is 4.79 Å². The number of nitrogens with one attached hydrogen (secondary N) is 1. The largest absolute Gasteiger partial charge is 0.363 e. The third-order valence-electron chi connectivity index (χ3n) is 6.43. The smallest absolute Gasteiger partial charge is 0.317 e. The molecule has 2 aliphatic heterocycles. The SMILES string of the molecule is Cc1noc([C@@H]2CC[C@H](CNC(=O)N3CCC4(CCCCC4)CC3)O2)n1. The second-order valence-corrected chi connectivity index (χ2v) is 8.24. The summed E-state index contributed by atoms with van der Waals surface area (Å²) in [6, 6.07) is 0.0522. The zero-order valence-electron chi connectivity index (χ0n) is 15.7. The number of aryl methyl sites for hydroxylation is 1. The molecule has 0 bridgehead atoms. The molecule has 26 heavy (non-hydrogen) atoms. The molecule has 2 amide bonds. The number of aromatic nitrogens is 2. The normalized spacial score (nSPS) is 28.4. The van der Waals surface area contributed by atoms with E-state index in [0.29, 0.717) is 23.7 Å². The van der Waals surface area contributed by atoms with Crippen molar-refractivity contribution >= 4 is 6.03 Å². The predicted octanol–water partition coefficient (Wildman–Crippen LogP) is 3.35. The van der Waals surface area contributed by atoms with Gasteiger partial charge in [-0.15, -0.1) is 0 Å². The summed E-state index contributed by atoms with van der Waals surface area (Å²) in [6.45, 7) is 4.13. The zero-order valence-corrected chi connectivity index (χ0v) is 15.7. The maximum atomic E-state index is 12.5. The molecule has 2 saturated heterocycles. The van der Waals surface area contributed by atoms with Crippen LogP contribution < -0.4 is 5.32 Å². The molecule has 1 N–H and O–H groups in total. The van der Waals surface area contributed by atoms with Crippen LogP contribution in [0.3, 0.4) is 0 Å². The van der Waals surface area contributed by atoms with Crippen molar-refractivity contribution < 1.29 is 14.1 Å². The number of nitrogens with zero attached hydrogens (tertiary/aromatic N) is 3. The second-order valence-electron chi connectivity index (χ2n) is 8.24. The van der Waals surface area contributed by atoms with Crippen LogP contribution in [0.15, 0.2) is 4.52 Å². The highest BCUT2D eigenvalue weighted by atomic mass is 16.5. The summed E-state index contributed by atoms with van der Waals surface area (Å²) in [5.41, 5.74) is 0.527. The Labute approximate surface area is 154 Å². The Balaban J connectivity index is 1.20. The number of carbonyl (C=O) groups is 1. The number of ether oxygens (including phenoxy) is 1. The maximum absolute atomic E-state index is 12.5. The molecule has 1 aromatic rings. The summed E-state index contributed by atoms with van der Waals surface area (Å²) in [4.78, 5) is 18.7. The first-order valence-electron chi connectivity index (χ1n) is 10.1. The summed E-state index contributed by atoms with van der Waals surface area (Å²) >= 11 is 0. The highest BCUT2D eigenvalue weighted by Crippen LogP contribution is 2.44. The molecule has 3 aliphatic rings. The van der Waals surface area contributed by atoms with Gasteiger partial charge < -0.3 is 19.5 Å². The molecule has 0 radical (unpaired) electrons. The third kappa shape index (κ3) is 3.87. The van der Waals surface area contributed by atoms with Crippen LogP contribution in [0, 0.1) is 12.3 Å². The summed E-state index contributed by atoms with van der Waals surface area (Å²) in [5.74, 6) is 1.17. The van der Waals surface area contributed by atoms with E-state index in [1.807, 2.05) is 4.90 Å². The number of hydrogen-bond donors (Lipinski definition) is 1. The predicted molar refractivity (Wildman–Crippen MR) is 95.6 cm³/mol. The average molecular weight is 362 g/mol. The Morgan fingerprint density at radius 1 is 1.19 bits per heavy atom. The van der Waals surface area contributed by atoms with E-state index in [1.54, 1.807) is 6.92 Å². The molecule has 1 aliphatic carbocycles. The van der Waals surface area contributed by atoms with E-state index in [4.69, 9.17) is 9.26 Å². The molecule has 7 heteroatoms. The van der Waals surface area contributed by atoms with Crippen molar-refractivity contribution in [2.75, 3.05) is 19.6 Å². The lowest BCUT2D eigenvalue weighted by molar-refractivity contribution is 0.0262. The first-order chi connectivity index (χ1) is 12.6. The van der Waals surface area contributed by atoms with Crippen molar-refractivity contribution in [1.82, 2.24) is 20.4 Å². The van der Waals surface area contributed by atoms with Gasteiger partial charge >= 0.3 is 6.03 Å². The van der Waals surface area contributed by atoms with Gasteiger partial charge in [-0.3, -0.25) is 0 Å². The quantitative estimate of drug-likeness (QED) is 0.892. The van der Waals surface area contributed by atoms with Crippen molar-refractivity contribution in [2.24, 2.45) is 5.41 Å². The topological polar surface area (TPSA) is 80.5 Å². The zero-order chi connectivity index (χ0) is 18.0. The minimum absolute atomic E-state index is 0.0191. The molecular weight excluding hydrogens is 332 g/mol. The van der Waals surface area contributed by atoms with Crippen molar-refractivity contribution in [2.45, 2.75) is 76.9 Å². The van der Waals surface area contributed by atoms with E-state index < -0.39 is 0 Å². The van der Waals surface area contributed by atoms with Crippen LogP contribution in [0.25, 0.3) is 0 Å². The fourth-order valence-corrected chi connectivity index (χ4v) is 4.78. The van der Waals surface area contributed by atoms with Crippen LogP contribution in [0.5, 0.6) is 0 Å². The van der Waals surface area contributed by atoms with Gasteiger partial charge in [0.15, 0.2) is 5.82 Å². The van der Waals surface area contributed by atoms with E-state index in [9.17, 15) is 4.79 Å². The highest BCUT2D eigenvalue weighted by Gasteiger charge is 2.37. The Morgan fingerprint density at radius 2 is 1.96 bits per heavy atom. The van der Waals surface area contributed by atoms with Gasteiger partial charge in [0.1, 0.15) is 6.10 Å². The molecule has 0 unspecified atom stereocenters. The van der Waals surface area contributed by atoms with Crippen molar-refractivity contribution in [1.29, 1.82) is 0 Å². The Kier molecular flexibility index (Phi) is 5.16. The summed E-state index contributed by atoms with van der Waals surface area (Å²) < 4.78 is 11.1.